The van der Waals surface area contributed by atoms with Crippen LogP contribution in [0.3, 0.4) is 0 Å². The molecule has 0 spiro atoms. The van der Waals surface area contributed by atoms with Crippen molar-refractivity contribution in [1.82, 2.24) is 4.90 Å². The fraction of sp³-hybridized carbons (Fsp3) is 0.562. The van der Waals surface area contributed by atoms with Gasteiger partial charge in [0.1, 0.15) is 0 Å². The molecule has 0 unspecified atom stereocenters. The average Bonchev–Trinajstić information content (AvgIpc) is 2.49. The van der Waals surface area contributed by atoms with Gasteiger partial charge in [-0.2, -0.15) is 0 Å². The van der Waals surface area contributed by atoms with E-state index in [4.69, 9.17) is 9.47 Å². The molecule has 1 fully saturated rings. The molecule has 1 aromatic rings. The van der Waals surface area contributed by atoms with Crippen LogP contribution in [-0.4, -0.2) is 50.3 Å². The summed E-state index contributed by atoms with van der Waals surface area (Å²) in [4.78, 5) is 14.1. The summed E-state index contributed by atoms with van der Waals surface area (Å²) in [6.45, 7) is 2.86. The third-order valence-corrected chi connectivity index (χ3v) is 3.63. The molecule has 0 radical (unpaired) electrons. The number of carbonyl (C=O) groups excluding carboxylic acids is 1. The van der Waals surface area contributed by atoms with E-state index in [2.05, 4.69) is 0 Å². The summed E-state index contributed by atoms with van der Waals surface area (Å²) < 4.78 is 10.7. The SMILES string of the molecule is COCCOC1CCN(C(=O)Cc2ccccc2)CC1. The van der Waals surface area contributed by atoms with Gasteiger partial charge in [0.15, 0.2) is 0 Å². The molecule has 20 heavy (non-hydrogen) atoms. The van der Waals surface area contributed by atoms with E-state index < -0.39 is 0 Å². The highest BCUT2D eigenvalue weighted by Gasteiger charge is 2.22. The molecule has 1 aliphatic heterocycles. The van der Waals surface area contributed by atoms with Crippen molar-refractivity contribution in [2.24, 2.45) is 0 Å². The van der Waals surface area contributed by atoms with E-state index in [-0.39, 0.29) is 12.0 Å². The number of benzene rings is 1. The minimum absolute atomic E-state index is 0.214. The van der Waals surface area contributed by atoms with Crippen LogP contribution in [0.25, 0.3) is 0 Å². The normalized spacial score (nSPS) is 16.4. The largest absolute Gasteiger partial charge is 0.382 e. The molecule has 110 valence electrons. The second-order valence-electron chi connectivity index (χ2n) is 5.11. The Hall–Kier alpha value is -1.39. The van der Waals surface area contributed by atoms with Gasteiger partial charge in [0.25, 0.3) is 0 Å². The highest BCUT2D eigenvalue weighted by molar-refractivity contribution is 5.78. The molecule has 1 saturated heterocycles. The van der Waals surface area contributed by atoms with Gasteiger partial charge in [0, 0.05) is 20.2 Å². The Labute approximate surface area is 120 Å². The van der Waals surface area contributed by atoms with Crippen LogP contribution in [-0.2, 0) is 20.7 Å². The zero-order valence-corrected chi connectivity index (χ0v) is 12.1. The summed E-state index contributed by atoms with van der Waals surface area (Å²) in [5.41, 5.74) is 1.08. The van der Waals surface area contributed by atoms with Crippen molar-refractivity contribution in [2.45, 2.75) is 25.4 Å². The van der Waals surface area contributed by atoms with Gasteiger partial charge in [-0.15, -0.1) is 0 Å². The first-order chi connectivity index (χ1) is 9.79. The van der Waals surface area contributed by atoms with E-state index in [0.717, 1.165) is 31.5 Å². The highest BCUT2D eigenvalue weighted by atomic mass is 16.5. The monoisotopic (exact) mass is 277 g/mol. The molecule has 4 heteroatoms. The summed E-state index contributed by atoms with van der Waals surface area (Å²) in [6.07, 6.45) is 2.61. The van der Waals surface area contributed by atoms with Crippen molar-refractivity contribution >= 4 is 5.91 Å². The first-order valence-electron chi connectivity index (χ1n) is 7.22. The lowest BCUT2D eigenvalue weighted by Gasteiger charge is -2.32. The number of piperidine rings is 1. The Bertz CT molecular complexity index is 399. The van der Waals surface area contributed by atoms with Gasteiger partial charge in [-0.1, -0.05) is 30.3 Å². The zero-order valence-electron chi connectivity index (χ0n) is 12.1. The van der Waals surface area contributed by atoms with Crippen LogP contribution in [0.1, 0.15) is 18.4 Å². The molecule has 0 bridgehead atoms. The van der Waals surface area contributed by atoms with Crippen LogP contribution in [0.2, 0.25) is 0 Å². The smallest absolute Gasteiger partial charge is 0.226 e. The number of carbonyl (C=O) groups is 1. The topological polar surface area (TPSA) is 38.8 Å². The maximum atomic E-state index is 12.2. The Morgan fingerprint density at radius 2 is 1.90 bits per heavy atom. The Morgan fingerprint density at radius 3 is 2.55 bits per heavy atom. The fourth-order valence-corrected chi connectivity index (χ4v) is 2.45. The highest BCUT2D eigenvalue weighted by Crippen LogP contribution is 2.15. The Balaban J connectivity index is 1.72. The summed E-state index contributed by atoms with van der Waals surface area (Å²) in [5.74, 6) is 0.214. The second-order valence-corrected chi connectivity index (χ2v) is 5.11. The molecule has 1 aromatic carbocycles. The predicted octanol–water partition coefficient (Wildman–Crippen LogP) is 1.88. The van der Waals surface area contributed by atoms with E-state index in [9.17, 15) is 4.79 Å². The van der Waals surface area contributed by atoms with Gasteiger partial charge in [-0.05, 0) is 18.4 Å². The molecule has 1 amide bonds. The molecule has 2 rings (SSSR count). The van der Waals surface area contributed by atoms with Crippen LogP contribution in [0.5, 0.6) is 0 Å². The maximum Gasteiger partial charge on any atom is 0.226 e. The van der Waals surface area contributed by atoms with Gasteiger partial charge in [-0.3, -0.25) is 4.79 Å². The zero-order chi connectivity index (χ0) is 14.2. The Morgan fingerprint density at radius 1 is 1.20 bits per heavy atom. The molecule has 0 aliphatic carbocycles. The van der Waals surface area contributed by atoms with Crippen molar-refractivity contribution in [1.29, 1.82) is 0 Å². The van der Waals surface area contributed by atoms with Crippen LogP contribution < -0.4 is 0 Å². The number of amides is 1. The quantitative estimate of drug-likeness (QED) is 0.745. The van der Waals surface area contributed by atoms with Crippen molar-refractivity contribution in [3.05, 3.63) is 35.9 Å². The summed E-state index contributed by atoms with van der Waals surface area (Å²) in [6, 6.07) is 9.91. The Kier molecular flexibility index (Phi) is 6.02. The summed E-state index contributed by atoms with van der Waals surface area (Å²) >= 11 is 0. The molecule has 0 atom stereocenters. The fourth-order valence-electron chi connectivity index (χ4n) is 2.45. The van der Waals surface area contributed by atoms with E-state index in [0.29, 0.717) is 19.6 Å². The lowest BCUT2D eigenvalue weighted by Crippen LogP contribution is -2.41. The minimum atomic E-state index is 0.214. The summed E-state index contributed by atoms with van der Waals surface area (Å²) in [5, 5.41) is 0. The van der Waals surface area contributed by atoms with E-state index >= 15 is 0 Å². The molecule has 0 aromatic heterocycles. The van der Waals surface area contributed by atoms with Gasteiger partial charge >= 0.3 is 0 Å². The third kappa shape index (κ3) is 4.62. The van der Waals surface area contributed by atoms with E-state index in [1.807, 2.05) is 35.2 Å². The first kappa shape index (κ1) is 15.0. The number of likely N-dealkylation sites (tertiary alicyclic amines) is 1. The van der Waals surface area contributed by atoms with Crippen molar-refractivity contribution < 1.29 is 14.3 Å². The molecule has 1 heterocycles. The van der Waals surface area contributed by atoms with Crippen LogP contribution >= 0.6 is 0 Å². The standard InChI is InChI=1S/C16H23NO3/c1-19-11-12-20-15-7-9-17(10-8-15)16(18)13-14-5-3-2-4-6-14/h2-6,15H,7-13H2,1H3. The summed E-state index contributed by atoms with van der Waals surface area (Å²) in [7, 11) is 1.67. The van der Waals surface area contributed by atoms with Crippen molar-refractivity contribution in [3.8, 4) is 0 Å². The third-order valence-electron chi connectivity index (χ3n) is 3.63. The molecule has 0 saturated carbocycles. The number of rotatable bonds is 6. The van der Waals surface area contributed by atoms with Crippen molar-refractivity contribution in [3.63, 3.8) is 0 Å². The first-order valence-corrected chi connectivity index (χ1v) is 7.22. The van der Waals surface area contributed by atoms with E-state index in [1.54, 1.807) is 7.11 Å². The van der Waals surface area contributed by atoms with Crippen LogP contribution in [0, 0.1) is 0 Å². The lowest BCUT2D eigenvalue weighted by molar-refractivity contribution is -0.133. The van der Waals surface area contributed by atoms with E-state index in [1.165, 1.54) is 0 Å². The van der Waals surface area contributed by atoms with Gasteiger partial charge < -0.3 is 14.4 Å². The molecule has 4 nitrogen and oxygen atoms in total. The van der Waals surface area contributed by atoms with Crippen molar-refractivity contribution in [2.75, 3.05) is 33.4 Å². The van der Waals surface area contributed by atoms with Gasteiger partial charge in [0.05, 0.1) is 25.7 Å². The number of nitrogens with zero attached hydrogens (tertiary/aromatic N) is 1. The van der Waals surface area contributed by atoms with Crippen LogP contribution in [0.4, 0.5) is 0 Å². The average molecular weight is 277 g/mol. The lowest BCUT2D eigenvalue weighted by atomic mass is 10.1. The predicted molar refractivity (Wildman–Crippen MR) is 77.6 cm³/mol. The minimum Gasteiger partial charge on any atom is -0.382 e. The second kappa shape index (κ2) is 8.02. The maximum absolute atomic E-state index is 12.2. The van der Waals surface area contributed by atoms with Gasteiger partial charge in [0.2, 0.25) is 5.91 Å². The molecule has 0 N–H and O–H groups in total. The van der Waals surface area contributed by atoms with Crippen LogP contribution in [0.15, 0.2) is 30.3 Å². The molecular formula is C16H23NO3. The molecular weight excluding hydrogens is 254 g/mol. The number of hydrogen-bond donors (Lipinski definition) is 0. The number of methoxy groups -OCH3 is 1. The molecule has 1 aliphatic rings. The van der Waals surface area contributed by atoms with Gasteiger partial charge in [-0.25, -0.2) is 0 Å². The number of hydrogen-bond acceptors (Lipinski definition) is 3. The number of ether oxygens (including phenoxy) is 2.